The first kappa shape index (κ1) is 20.6. The van der Waals surface area contributed by atoms with Crippen molar-refractivity contribution < 1.29 is 19.1 Å². The standard InChI is InChI=1S/C24H27NO4/c1-28-23(26)21(19-13-7-3-8-14-19)22(20-15-9-4-10-16-20)25-24(27)29-17-18-11-5-2-6-12-18/h2-7,9-12,15-16,19,21-22H,8,13-14,17H2,1H3,(H,25,27)/t19-,21-,22-/m0/s1. The minimum Gasteiger partial charge on any atom is -0.469 e. The van der Waals surface area contributed by atoms with Gasteiger partial charge in [-0.15, -0.1) is 0 Å². The summed E-state index contributed by atoms with van der Waals surface area (Å²) >= 11 is 0. The van der Waals surface area contributed by atoms with E-state index in [9.17, 15) is 9.59 Å². The lowest BCUT2D eigenvalue weighted by atomic mass is 9.77. The maximum absolute atomic E-state index is 12.7. The molecule has 1 aliphatic carbocycles. The molecule has 2 aromatic rings. The van der Waals surface area contributed by atoms with Crippen LogP contribution in [0.3, 0.4) is 0 Å². The van der Waals surface area contributed by atoms with Crippen LogP contribution in [-0.4, -0.2) is 19.2 Å². The molecule has 0 heterocycles. The number of hydrogen-bond donors (Lipinski definition) is 1. The molecule has 5 nitrogen and oxygen atoms in total. The maximum atomic E-state index is 12.7. The van der Waals surface area contributed by atoms with Gasteiger partial charge in [0, 0.05) is 0 Å². The Bertz CT molecular complexity index is 819. The number of carbonyl (C=O) groups is 2. The zero-order valence-electron chi connectivity index (χ0n) is 16.6. The van der Waals surface area contributed by atoms with Crippen LogP contribution in [0.5, 0.6) is 0 Å². The van der Waals surface area contributed by atoms with Gasteiger partial charge in [-0.3, -0.25) is 4.79 Å². The Hall–Kier alpha value is -3.08. The quantitative estimate of drug-likeness (QED) is 0.542. The molecule has 0 aliphatic heterocycles. The molecular weight excluding hydrogens is 366 g/mol. The lowest BCUT2D eigenvalue weighted by Crippen LogP contribution is -2.41. The first-order valence-corrected chi connectivity index (χ1v) is 9.94. The molecular formula is C24H27NO4. The van der Waals surface area contributed by atoms with Crippen LogP contribution in [0.4, 0.5) is 4.79 Å². The van der Waals surface area contributed by atoms with Crippen molar-refractivity contribution in [3.05, 3.63) is 83.9 Å². The third-order valence-corrected chi connectivity index (χ3v) is 5.29. The summed E-state index contributed by atoms with van der Waals surface area (Å²) in [6.45, 7) is 0.170. The highest BCUT2D eigenvalue weighted by Crippen LogP contribution is 2.36. The third-order valence-electron chi connectivity index (χ3n) is 5.29. The first-order valence-electron chi connectivity index (χ1n) is 9.94. The molecule has 3 atom stereocenters. The second-order valence-electron chi connectivity index (χ2n) is 7.19. The van der Waals surface area contributed by atoms with Gasteiger partial charge in [0.05, 0.1) is 19.1 Å². The maximum Gasteiger partial charge on any atom is 0.407 e. The van der Waals surface area contributed by atoms with E-state index in [2.05, 4.69) is 17.5 Å². The molecule has 0 aromatic heterocycles. The fourth-order valence-corrected chi connectivity index (χ4v) is 3.81. The molecule has 1 amide bonds. The summed E-state index contributed by atoms with van der Waals surface area (Å²) in [5.41, 5.74) is 1.76. The number of allylic oxidation sites excluding steroid dienone is 2. The van der Waals surface area contributed by atoms with E-state index in [-0.39, 0.29) is 18.5 Å². The van der Waals surface area contributed by atoms with Crippen molar-refractivity contribution in [2.75, 3.05) is 7.11 Å². The highest BCUT2D eigenvalue weighted by molar-refractivity contribution is 5.76. The van der Waals surface area contributed by atoms with Crippen molar-refractivity contribution in [2.24, 2.45) is 11.8 Å². The van der Waals surface area contributed by atoms with Gasteiger partial charge in [0.1, 0.15) is 6.61 Å². The lowest BCUT2D eigenvalue weighted by molar-refractivity contribution is -0.149. The van der Waals surface area contributed by atoms with E-state index in [1.54, 1.807) is 0 Å². The van der Waals surface area contributed by atoms with Gasteiger partial charge in [-0.2, -0.15) is 0 Å². The Morgan fingerprint density at radius 3 is 2.34 bits per heavy atom. The average Bonchev–Trinajstić information content (AvgIpc) is 2.79. The number of methoxy groups -OCH3 is 1. The van der Waals surface area contributed by atoms with Crippen molar-refractivity contribution in [3.63, 3.8) is 0 Å². The van der Waals surface area contributed by atoms with Crippen LogP contribution in [0, 0.1) is 11.8 Å². The molecule has 0 radical (unpaired) electrons. The molecule has 1 aliphatic rings. The fourth-order valence-electron chi connectivity index (χ4n) is 3.81. The predicted molar refractivity (Wildman–Crippen MR) is 111 cm³/mol. The highest BCUT2D eigenvalue weighted by atomic mass is 16.5. The number of benzene rings is 2. The van der Waals surface area contributed by atoms with Crippen LogP contribution in [0.15, 0.2) is 72.8 Å². The number of alkyl carbamates (subject to hydrolysis) is 1. The van der Waals surface area contributed by atoms with Crippen molar-refractivity contribution >= 4 is 12.1 Å². The molecule has 29 heavy (non-hydrogen) atoms. The molecule has 0 fully saturated rings. The van der Waals surface area contributed by atoms with Crippen molar-refractivity contribution in [1.82, 2.24) is 5.32 Å². The summed E-state index contributed by atoms with van der Waals surface area (Å²) in [5.74, 6) is -0.716. The van der Waals surface area contributed by atoms with E-state index in [1.165, 1.54) is 7.11 Å². The van der Waals surface area contributed by atoms with Gasteiger partial charge in [0.15, 0.2) is 0 Å². The second kappa shape index (κ2) is 10.5. The lowest BCUT2D eigenvalue weighted by Gasteiger charge is -2.33. The minimum absolute atomic E-state index is 0.0899. The van der Waals surface area contributed by atoms with Crippen molar-refractivity contribution in [1.29, 1.82) is 0 Å². The number of hydrogen-bond acceptors (Lipinski definition) is 4. The number of amides is 1. The van der Waals surface area contributed by atoms with Gasteiger partial charge in [-0.05, 0) is 36.3 Å². The van der Waals surface area contributed by atoms with Gasteiger partial charge in [-0.25, -0.2) is 4.79 Å². The van der Waals surface area contributed by atoms with E-state index < -0.39 is 18.1 Å². The molecule has 3 rings (SSSR count). The van der Waals surface area contributed by atoms with E-state index in [0.717, 1.165) is 30.4 Å². The Morgan fingerprint density at radius 2 is 1.72 bits per heavy atom. The van der Waals surface area contributed by atoms with Crippen LogP contribution in [0.25, 0.3) is 0 Å². The second-order valence-corrected chi connectivity index (χ2v) is 7.19. The van der Waals surface area contributed by atoms with Crippen molar-refractivity contribution in [2.45, 2.75) is 31.9 Å². The third kappa shape index (κ3) is 5.70. The molecule has 0 saturated carbocycles. The molecule has 0 spiro atoms. The summed E-state index contributed by atoms with van der Waals surface area (Å²) < 4.78 is 10.5. The topological polar surface area (TPSA) is 64.6 Å². The molecule has 152 valence electrons. The Morgan fingerprint density at radius 1 is 1.03 bits per heavy atom. The van der Waals surface area contributed by atoms with Crippen LogP contribution in [-0.2, 0) is 20.9 Å². The molecule has 1 N–H and O–H groups in total. The molecule has 0 bridgehead atoms. The number of ether oxygens (including phenoxy) is 2. The zero-order valence-corrected chi connectivity index (χ0v) is 16.6. The van der Waals surface area contributed by atoms with Gasteiger partial charge >= 0.3 is 12.1 Å². The fraction of sp³-hybridized carbons (Fsp3) is 0.333. The largest absolute Gasteiger partial charge is 0.469 e. The predicted octanol–water partition coefficient (Wildman–Crippen LogP) is 4.80. The monoisotopic (exact) mass is 393 g/mol. The van der Waals surface area contributed by atoms with E-state index >= 15 is 0 Å². The number of esters is 1. The van der Waals surface area contributed by atoms with Crippen LogP contribution in [0.2, 0.25) is 0 Å². The summed E-state index contributed by atoms with van der Waals surface area (Å²) in [6, 6.07) is 18.5. The first-order chi connectivity index (χ1) is 14.2. The van der Waals surface area contributed by atoms with Gasteiger partial charge in [-0.1, -0.05) is 72.8 Å². The summed E-state index contributed by atoms with van der Waals surface area (Å²) in [5, 5.41) is 2.93. The number of rotatable bonds is 7. The highest BCUT2D eigenvalue weighted by Gasteiger charge is 2.38. The minimum atomic E-state index is -0.553. The molecule has 2 aromatic carbocycles. The van der Waals surface area contributed by atoms with Crippen molar-refractivity contribution in [3.8, 4) is 0 Å². The van der Waals surface area contributed by atoms with Crippen LogP contribution >= 0.6 is 0 Å². The Labute approximate surface area is 171 Å². The normalized spacial score (nSPS) is 17.8. The van der Waals surface area contributed by atoms with Gasteiger partial charge < -0.3 is 14.8 Å². The summed E-state index contributed by atoms with van der Waals surface area (Å²) in [4.78, 5) is 25.3. The number of carbonyl (C=O) groups excluding carboxylic acids is 2. The van der Waals surface area contributed by atoms with E-state index in [0.29, 0.717) is 0 Å². The summed E-state index contributed by atoms with van der Waals surface area (Å²) in [7, 11) is 1.39. The Kier molecular flexibility index (Phi) is 7.45. The van der Waals surface area contributed by atoms with Crippen LogP contribution < -0.4 is 5.32 Å². The van der Waals surface area contributed by atoms with Crippen LogP contribution in [0.1, 0.15) is 36.4 Å². The summed E-state index contributed by atoms with van der Waals surface area (Å²) in [6.07, 6.45) is 6.24. The molecule has 0 saturated heterocycles. The average molecular weight is 393 g/mol. The zero-order chi connectivity index (χ0) is 20.5. The SMILES string of the molecule is COC(=O)[C@@H]([C@H]1CC=CCC1)[C@@H](NC(=O)OCc1ccccc1)c1ccccc1. The molecule has 5 heteroatoms. The van der Waals surface area contributed by atoms with E-state index in [1.807, 2.05) is 60.7 Å². The Balaban J connectivity index is 1.80. The van der Waals surface area contributed by atoms with E-state index in [4.69, 9.17) is 9.47 Å². The smallest absolute Gasteiger partial charge is 0.407 e. The number of nitrogens with one attached hydrogen (secondary N) is 1. The molecule has 0 unspecified atom stereocenters. The van der Waals surface area contributed by atoms with Gasteiger partial charge in [0.25, 0.3) is 0 Å². The van der Waals surface area contributed by atoms with Gasteiger partial charge in [0.2, 0.25) is 0 Å².